The Bertz CT molecular complexity index is 357. The number of carboxylic acids is 1. The van der Waals surface area contributed by atoms with Gasteiger partial charge in [0.1, 0.15) is 0 Å². The largest absolute Gasteiger partial charge is 0.481 e. The summed E-state index contributed by atoms with van der Waals surface area (Å²) < 4.78 is 26.7. The Labute approximate surface area is 89.4 Å². The van der Waals surface area contributed by atoms with Gasteiger partial charge >= 0.3 is 5.97 Å². The summed E-state index contributed by atoms with van der Waals surface area (Å²) in [4.78, 5) is 10.8. The predicted molar refractivity (Wildman–Crippen MR) is 54.5 cm³/mol. The summed E-state index contributed by atoms with van der Waals surface area (Å²) >= 11 is 0. The van der Waals surface area contributed by atoms with Crippen molar-refractivity contribution in [3.63, 3.8) is 0 Å². The molecule has 1 aliphatic heterocycles. The smallest absolute Gasteiger partial charge is 0.309 e. The van der Waals surface area contributed by atoms with Gasteiger partial charge in [0.05, 0.1) is 5.92 Å². The van der Waals surface area contributed by atoms with Crippen LogP contribution in [-0.4, -0.2) is 42.4 Å². The van der Waals surface area contributed by atoms with Crippen LogP contribution in [0, 0.1) is 5.92 Å². The van der Waals surface area contributed by atoms with Crippen molar-refractivity contribution >= 4 is 16.2 Å². The van der Waals surface area contributed by atoms with Crippen molar-refractivity contribution in [2.45, 2.75) is 26.3 Å². The Balaban J connectivity index is 2.95. The predicted octanol–water partition coefficient (Wildman–Crippen LogP) is -0.364. The number of aliphatic carboxylic acids is 1. The van der Waals surface area contributed by atoms with E-state index in [4.69, 9.17) is 5.11 Å². The van der Waals surface area contributed by atoms with Gasteiger partial charge in [0.25, 0.3) is 10.2 Å². The molecular weight excluding hydrogens is 220 g/mol. The van der Waals surface area contributed by atoms with Crippen molar-refractivity contribution in [1.82, 2.24) is 9.03 Å². The van der Waals surface area contributed by atoms with E-state index in [9.17, 15) is 13.2 Å². The van der Waals surface area contributed by atoms with E-state index in [2.05, 4.69) is 4.72 Å². The first-order valence-electron chi connectivity index (χ1n) is 4.65. The maximum Gasteiger partial charge on any atom is 0.309 e. The monoisotopic (exact) mass is 236 g/mol. The van der Waals surface area contributed by atoms with Crippen molar-refractivity contribution in [2.24, 2.45) is 5.92 Å². The summed E-state index contributed by atoms with van der Waals surface area (Å²) in [6, 6.07) is 0. The summed E-state index contributed by atoms with van der Waals surface area (Å²) in [5.41, 5.74) is -0.611. The molecule has 7 heteroatoms. The zero-order valence-corrected chi connectivity index (χ0v) is 9.84. The lowest BCUT2D eigenvalue weighted by molar-refractivity contribution is -0.142. The van der Waals surface area contributed by atoms with Crippen LogP contribution >= 0.6 is 0 Å². The summed E-state index contributed by atoms with van der Waals surface area (Å²) in [6.45, 7) is 5.18. The van der Waals surface area contributed by atoms with E-state index >= 15 is 0 Å². The molecule has 0 saturated carbocycles. The van der Waals surface area contributed by atoms with E-state index in [0.717, 1.165) is 0 Å². The highest BCUT2D eigenvalue weighted by molar-refractivity contribution is 7.87. The molecular formula is C8H16N2O4S. The van der Waals surface area contributed by atoms with Gasteiger partial charge in [-0.25, -0.2) is 4.72 Å². The van der Waals surface area contributed by atoms with Gasteiger partial charge in [-0.3, -0.25) is 4.79 Å². The minimum absolute atomic E-state index is 0.0220. The fourth-order valence-corrected chi connectivity index (χ4v) is 3.11. The molecule has 6 nitrogen and oxygen atoms in total. The zero-order chi connectivity index (χ0) is 11.9. The number of nitrogens with zero attached hydrogens (tertiary/aromatic N) is 1. The SMILES string of the molecule is CC(C)(C)N1CC(C(=O)O)CNS1(=O)=O. The molecule has 0 spiro atoms. The molecule has 0 aromatic rings. The quantitative estimate of drug-likeness (QED) is 0.650. The maximum atomic E-state index is 11.6. The van der Waals surface area contributed by atoms with Gasteiger partial charge in [-0.05, 0) is 20.8 Å². The number of rotatable bonds is 1. The Morgan fingerprint density at radius 1 is 1.47 bits per heavy atom. The van der Waals surface area contributed by atoms with E-state index in [1.54, 1.807) is 20.8 Å². The lowest BCUT2D eigenvalue weighted by Crippen LogP contribution is -2.59. The molecule has 0 aromatic carbocycles. The van der Waals surface area contributed by atoms with Crippen LogP contribution in [0.4, 0.5) is 0 Å². The van der Waals surface area contributed by atoms with Crippen LogP contribution in [0.25, 0.3) is 0 Å². The average Bonchev–Trinajstić information content (AvgIpc) is 2.00. The number of hydrogen-bond acceptors (Lipinski definition) is 3. The highest BCUT2D eigenvalue weighted by atomic mass is 32.2. The molecule has 1 unspecified atom stereocenters. The van der Waals surface area contributed by atoms with E-state index in [-0.39, 0.29) is 13.1 Å². The molecule has 15 heavy (non-hydrogen) atoms. The second kappa shape index (κ2) is 3.73. The van der Waals surface area contributed by atoms with Gasteiger partial charge < -0.3 is 5.11 Å². The third-order valence-corrected chi connectivity index (χ3v) is 4.09. The normalized spacial score (nSPS) is 27.5. The van der Waals surface area contributed by atoms with E-state index in [0.29, 0.717) is 0 Å². The topological polar surface area (TPSA) is 86.7 Å². The summed E-state index contributed by atoms with van der Waals surface area (Å²) in [7, 11) is -3.53. The number of nitrogens with one attached hydrogen (secondary N) is 1. The van der Waals surface area contributed by atoms with Crippen LogP contribution in [0.3, 0.4) is 0 Å². The standard InChI is InChI=1S/C8H16N2O4S/c1-8(2,3)10-5-6(7(11)12)4-9-15(10,13)14/h6,9H,4-5H2,1-3H3,(H,11,12). The zero-order valence-electron chi connectivity index (χ0n) is 9.02. The van der Waals surface area contributed by atoms with Gasteiger partial charge in [0.15, 0.2) is 0 Å². The van der Waals surface area contributed by atoms with Crippen LogP contribution in [-0.2, 0) is 15.0 Å². The highest BCUT2D eigenvalue weighted by Gasteiger charge is 2.40. The first kappa shape index (κ1) is 12.4. The highest BCUT2D eigenvalue weighted by Crippen LogP contribution is 2.22. The van der Waals surface area contributed by atoms with Crippen LogP contribution < -0.4 is 4.72 Å². The third-order valence-electron chi connectivity index (χ3n) is 2.29. The first-order valence-corrected chi connectivity index (χ1v) is 6.09. The van der Waals surface area contributed by atoms with E-state index in [1.165, 1.54) is 4.31 Å². The number of carboxylic acid groups (broad SMARTS) is 1. The molecule has 1 rings (SSSR count). The summed E-state index contributed by atoms with van der Waals surface area (Å²) in [5, 5.41) is 8.83. The van der Waals surface area contributed by atoms with Gasteiger partial charge in [-0.1, -0.05) is 0 Å². The van der Waals surface area contributed by atoms with Crippen molar-refractivity contribution in [2.75, 3.05) is 13.1 Å². The lowest BCUT2D eigenvalue weighted by Gasteiger charge is -2.39. The molecule has 88 valence electrons. The molecule has 0 aromatic heterocycles. The molecule has 0 radical (unpaired) electrons. The molecule has 1 aliphatic rings. The number of carbonyl (C=O) groups is 1. The van der Waals surface area contributed by atoms with Gasteiger partial charge in [0.2, 0.25) is 0 Å². The second-order valence-corrected chi connectivity index (χ2v) is 6.27. The van der Waals surface area contributed by atoms with Gasteiger partial charge in [-0.2, -0.15) is 12.7 Å². The second-order valence-electron chi connectivity index (χ2n) is 4.59. The van der Waals surface area contributed by atoms with Crippen molar-refractivity contribution in [3.8, 4) is 0 Å². The van der Waals surface area contributed by atoms with E-state index in [1.807, 2.05) is 0 Å². The fourth-order valence-electron chi connectivity index (χ4n) is 1.45. The minimum Gasteiger partial charge on any atom is -0.481 e. The molecule has 1 atom stereocenters. The summed E-state index contributed by atoms with van der Waals surface area (Å²) in [5.74, 6) is -1.67. The van der Waals surface area contributed by atoms with Gasteiger partial charge in [0, 0.05) is 18.6 Å². The third kappa shape index (κ3) is 2.67. The van der Waals surface area contributed by atoms with Crippen LogP contribution in [0.1, 0.15) is 20.8 Å². The fraction of sp³-hybridized carbons (Fsp3) is 0.875. The molecule has 1 saturated heterocycles. The Morgan fingerprint density at radius 3 is 2.40 bits per heavy atom. The Morgan fingerprint density at radius 2 is 2.00 bits per heavy atom. The van der Waals surface area contributed by atoms with Crippen molar-refractivity contribution < 1.29 is 18.3 Å². The molecule has 1 fully saturated rings. The van der Waals surface area contributed by atoms with Gasteiger partial charge in [-0.15, -0.1) is 0 Å². The van der Waals surface area contributed by atoms with E-state index < -0.39 is 27.6 Å². The van der Waals surface area contributed by atoms with Crippen LogP contribution in [0.2, 0.25) is 0 Å². The average molecular weight is 236 g/mol. The Hall–Kier alpha value is -0.660. The molecule has 0 amide bonds. The molecule has 0 bridgehead atoms. The maximum absolute atomic E-state index is 11.6. The van der Waals surface area contributed by atoms with Crippen molar-refractivity contribution in [3.05, 3.63) is 0 Å². The van der Waals surface area contributed by atoms with Crippen LogP contribution in [0.5, 0.6) is 0 Å². The first-order chi connectivity index (χ1) is 6.64. The minimum atomic E-state index is -3.53. The molecule has 0 aliphatic carbocycles. The molecule has 2 N–H and O–H groups in total. The molecule has 1 heterocycles. The number of hydrogen-bond donors (Lipinski definition) is 2. The lowest BCUT2D eigenvalue weighted by atomic mass is 10.1. The summed E-state index contributed by atoms with van der Waals surface area (Å²) in [6.07, 6.45) is 0. The Kier molecular flexibility index (Phi) is 3.09. The van der Waals surface area contributed by atoms with Crippen molar-refractivity contribution in [1.29, 1.82) is 0 Å². The van der Waals surface area contributed by atoms with Crippen LogP contribution in [0.15, 0.2) is 0 Å².